The third-order valence-corrected chi connectivity index (χ3v) is 2.63. The van der Waals surface area contributed by atoms with E-state index in [4.69, 9.17) is 0 Å². The zero-order chi connectivity index (χ0) is 10.8. The van der Waals surface area contributed by atoms with Crippen LogP contribution in [0.15, 0.2) is 49.6 Å². The van der Waals surface area contributed by atoms with Crippen LogP contribution in [0.3, 0.4) is 0 Å². The summed E-state index contributed by atoms with van der Waals surface area (Å²) in [5.74, 6) is 0. The topological polar surface area (TPSA) is 0 Å². The van der Waals surface area contributed by atoms with Crippen molar-refractivity contribution >= 4 is 22.4 Å². The minimum atomic E-state index is 1.09. The molecule has 0 saturated heterocycles. The van der Waals surface area contributed by atoms with Gasteiger partial charge >= 0.3 is 0 Å². The largest absolute Gasteiger partial charge is 0.0984 e. The Morgan fingerprint density at radius 3 is 2.67 bits per heavy atom. The molecule has 0 radical (unpaired) electrons. The predicted octanol–water partition coefficient (Wildman–Crippen LogP) is 4.52. The molecule has 0 aliphatic carbocycles. The Kier molecular flexibility index (Phi) is 2.42. The van der Waals surface area contributed by atoms with Crippen LogP contribution < -0.4 is 0 Å². The number of allylic oxidation sites excluding steroid dienone is 1. The van der Waals surface area contributed by atoms with E-state index in [1.807, 2.05) is 13.0 Å². The first-order valence-electron chi connectivity index (χ1n) is 5.03. The Balaban J connectivity index is 2.78. The second-order valence-electron chi connectivity index (χ2n) is 3.77. The molecule has 0 amide bonds. The Morgan fingerprint density at radius 2 is 2.00 bits per heavy atom. The summed E-state index contributed by atoms with van der Waals surface area (Å²) >= 11 is 0. The van der Waals surface area contributed by atoms with Gasteiger partial charge in [0.2, 0.25) is 0 Å². The SMILES string of the molecule is C=Cc1cccc2ccc(C(=C)C)cc12. The molecule has 0 aliphatic rings. The Labute approximate surface area is 90.6 Å². The molecular formula is C15H14. The lowest BCUT2D eigenvalue weighted by atomic mass is 9.99. The molecule has 0 heteroatoms. The van der Waals surface area contributed by atoms with Crippen LogP contribution in [0.4, 0.5) is 0 Å². The van der Waals surface area contributed by atoms with Gasteiger partial charge in [-0.2, -0.15) is 0 Å². The van der Waals surface area contributed by atoms with Gasteiger partial charge < -0.3 is 0 Å². The van der Waals surface area contributed by atoms with E-state index in [9.17, 15) is 0 Å². The average molecular weight is 194 g/mol. The molecule has 2 aromatic rings. The maximum absolute atomic E-state index is 3.96. The third kappa shape index (κ3) is 1.71. The Bertz CT molecular complexity index is 533. The summed E-state index contributed by atoms with van der Waals surface area (Å²) in [7, 11) is 0. The Hall–Kier alpha value is -1.82. The van der Waals surface area contributed by atoms with Gasteiger partial charge in [-0.25, -0.2) is 0 Å². The molecule has 0 N–H and O–H groups in total. The molecule has 0 heterocycles. The van der Waals surface area contributed by atoms with E-state index in [0.29, 0.717) is 0 Å². The van der Waals surface area contributed by atoms with Gasteiger partial charge in [-0.15, -0.1) is 0 Å². The average Bonchev–Trinajstić information content (AvgIpc) is 2.27. The number of fused-ring (bicyclic) bond motifs is 1. The molecule has 0 aromatic heterocycles. The maximum Gasteiger partial charge on any atom is -0.0106 e. The zero-order valence-electron chi connectivity index (χ0n) is 8.96. The lowest BCUT2D eigenvalue weighted by Crippen LogP contribution is -1.82. The van der Waals surface area contributed by atoms with Crippen LogP contribution in [0.1, 0.15) is 18.1 Å². The van der Waals surface area contributed by atoms with Gasteiger partial charge in [0.1, 0.15) is 0 Å². The standard InChI is InChI=1S/C15H14/c1-4-12-6-5-7-13-8-9-14(11(2)3)10-15(12)13/h4-10H,1-2H2,3H3. The van der Waals surface area contributed by atoms with E-state index in [1.165, 1.54) is 21.9 Å². The van der Waals surface area contributed by atoms with Crippen molar-refractivity contribution in [3.8, 4) is 0 Å². The van der Waals surface area contributed by atoms with Crippen LogP contribution in [0.25, 0.3) is 22.4 Å². The highest BCUT2D eigenvalue weighted by atomic mass is 14.0. The first-order valence-corrected chi connectivity index (χ1v) is 5.03. The summed E-state index contributed by atoms with van der Waals surface area (Å²) in [5, 5.41) is 2.49. The summed E-state index contributed by atoms with van der Waals surface area (Å²) in [6, 6.07) is 12.7. The highest BCUT2D eigenvalue weighted by molar-refractivity contribution is 5.92. The van der Waals surface area contributed by atoms with Crippen LogP contribution >= 0.6 is 0 Å². The van der Waals surface area contributed by atoms with E-state index in [1.54, 1.807) is 0 Å². The summed E-state index contributed by atoms with van der Waals surface area (Å²) in [6.45, 7) is 9.82. The van der Waals surface area contributed by atoms with Crippen LogP contribution in [0.5, 0.6) is 0 Å². The highest BCUT2D eigenvalue weighted by Gasteiger charge is 1.99. The molecular weight excluding hydrogens is 180 g/mol. The number of rotatable bonds is 2. The van der Waals surface area contributed by atoms with Crippen molar-refractivity contribution in [2.24, 2.45) is 0 Å². The van der Waals surface area contributed by atoms with Crippen LogP contribution in [-0.4, -0.2) is 0 Å². The van der Waals surface area contributed by atoms with E-state index >= 15 is 0 Å². The molecule has 15 heavy (non-hydrogen) atoms. The van der Waals surface area contributed by atoms with Gasteiger partial charge in [-0.05, 0) is 34.9 Å². The van der Waals surface area contributed by atoms with Crippen LogP contribution in [0, 0.1) is 0 Å². The second-order valence-corrected chi connectivity index (χ2v) is 3.77. The van der Waals surface area contributed by atoms with Crippen LogP contribution in [-0.2, 0) is 0 Å². The van der Waals surface area contributed by atoms with Gasteiger partial charge in [-0.3, -0.25) is 0 Å². The minimum absolute atomic E-state index is 1.09. The summed E-state index contributed by atoms with van der Waals surface area (Å²) in [5.41, 5.74) is 3.46. The first kappa shape index (κ1) is 9.72. The molecule has 0 nitrogen and oxygen atoms in total. The molecule has 0 fully saturated rings. The van der Waals surface area contributed by atoms with Crippen molar-refractivity contribution in [3.05, 3.63) is 60.7 Å². The number of hydrogen-bond donors (Lipinski definition) is 0. The van der Waals surface area contributed by atoms with Gasteiger partial charge in [0.05, 0.1) is 0 Å². The Morgan fingerprint density at radius 1 is 1.20 bits per heavy atom. The van der Waals surface area contributed by atoms with Crippen LogP contribution in [0.2, 0.25) is 0 Å². The molecule has 0 saturated carbocycles. The van der Waals surface area contributed by atoms with Crippen molar-refractivity contribution in [2.75, 3.05) is 0 Å². The van der Waals surface area contributed by atoms with Gasteiger partial charge in [0, 0.05) is 0 Å². The maximum atomic E-state index is 3.96. The monoisotopic (exact) mass is 194 g/mol. The predicted molar refractivity (Wildman–Crippen MR) is 68.7 cm³/mol. The number of hydrogen-bond acceptors (Lipinski definition) is 0. The van der Waals surface area contributed by atoms with Crippen molar-refractivity contribution in [1.82, 2.24) is 0 Å². The van der Waals surface area contributed by atoms with E-state index < -0.39 is 0 Å². The fourth-order valence-corrected chi connectivity index (χ4v) is 1.74. The van der Waals surface area contributed by atoms with Gasteiger partial charge in [-0.1, -0.05) is 55.1 Å². The van der Waals surface area contributed by atoms with E-state index in [0.717, 1.165) is 5.57 Å². The first-order chi connectivity index (χ1) is 7.22. The second kappa shape index (κ2) is 3.74. The molecule has 2 rings (SSSR count). The fraction of sp³-hybridized carbons (Fsp3) is 0.0667. The summed E-state index contributed by atoms with van der Waals surface area (Å²) in [4.78, 5) is 0. The fourth-order valence-electron chi connectivity index (χ4n) is 1.74. The quantitative estimate of drug-likeness (QED) is 0.659. The normalized spacial score (nSPS) is 10.2. The summed E-state index contributed by atoms with van der Waals surface area (Å²) in [6.07, 6.45) is 1.89. The molecule has 0 spiro atoms. The molecule has 0 bridgehead atoms. The van der Waals surface area contributed by atoms with Crippen molar-refractivity contribution in [1.29, 1.82) is 0 Å². The molecule has 0 unspecified atom stereocenters. The lowest BCUT2D eigenvalue weighted by Gasteiger charge is -2.05. The van der Waals surface area contributed by atoms with E-state index in [2.05, 4.69) is 49.6 Å². The van der Waals surface area contributed by atoms with Crippen molar-refractivity contribution in [3.63, 3.8) is 0 Å². The molecule has 0 aliphatic heterocycles. The van der Waals surface area contributed by atoms with E-state index in [-0.39, 0.29) is 0 Å². The third-order valence-electron chi connectivity index (χ3n) is 2.63. The number of benzene rings is 2. The zero-order valence-corrected chi connectivity index (χ0v) is 8.96. The molecule has 74 valence electrons. The lowest BCUT2D eigenvalue weighted by molar-refractivity contribution is 1.61. The minimum Gasteiger partial charge on any atom is -0.0984 e. The van der Waals surface area contributed by atoms with Crippen molar-refractivity contribution in [2.45, 2.75) is 6.92 Å². The van der Waals surface area contributed by atoms with Gasteiger partial charge in [0.25, 0.3) is 0 Å². The summed E-state index contributed by atoms with van der Waals surface area (Å²) < 4.78 is 0. The molecule has 0 atom stereocenters. The molecule has 2 aromatic carbocycles. The van der Waals surface area contributed by atoms with Crippen molar-refractivity contribution < 1.29 is 0 Å². The smallest absolute Gasteiger partial charge is 0.0106 e. The highest BCUT2D eigenvalue weighted by Crippen LogP contribution is 2.23. The van der Waals surface area contributed by atoms with Gasteiger partial charge in [0.15, 0.2) is 0 Å².